The second-order valence-corrected chi connectivity index (χ2v) is 5.25. The van der Waals surface area contributed by atoms with Crippen LogP contribution in [0.1, 0.15) is 18.5 Å². The fourth-order valence-corrected chi connectivity index (χ4v) is 2.89. The van der Waals surface area contributed by atoms with Gasteiger partial charge in [-0.2, -0.15) is 5.10 Å². The van der Waals surface area contributed by atoms with E-state index in [4.69, 9.17) is 15.2 Å². The van der Waals surface area contributed by atoms with Gasteiger partial charge in [-0.3, -0.25) is 9.58 Å². The number of hydrogen-bond donors (Lipinski definition) is 1. The number of ether oxygens (including phenoxy) is 2. The lowest BCUT2D eigenvalue weighted by atomic mass is 10.0. The number of nitrogens with zero attached hydrogens (tertiary/aromatic N) is 3. The average molecular weight is 268 g/mol. The zero-order valence-corrected chi connectivity index (χ0v) is 12.1. The first-order valence-corrected chi connectivity index (χ1v) is 6.60. The number of likely N-dealkylation sites (tertiary alicyclic amines) is 1. The molecule has 0 aromatic carbocycles. The summed E-state index contributed by atoms with van der Waals surface area (Å²) in [5.74, 6) is 0. The van der Waals surface area contributed by atoms with Crippen LogP contribution in [0.3, 0.4) is 0 Å². The van der Waals surface area contributed by atoms with Crippen molar-refractivity contribution < 1.29 is 9.47 Å². The monoisotopic (exact) mass is 268 g/mol. The molecule has 6 nitrogen and oxygen atoms in total. The van der Waals surface area contributed by atoms with Crippen molar-refractivity contribution in [2.24, 2.45) is 12.8 Å². The number of aryl methyl sites for hydroxylation is 1. The van der Waals surface area contributed by atoms with Crippen molar-refractivity contribution in [2.75, 3.05) is 27.3 Å². The highest BCUT2D eigenvalue weighted by atomic mass is 16.5. The van der Waals surface area contributed by atoms with E-state index < -0.39 is 0 Å². The van der Waals surface area contributed by atoms with E-state index in [9.17, 15) is 0 Å². The highest BCUT2D eigenvalue weighted by Gasteiger charge is 2.38. The van der Waals surface area contributed by atoms with Crippen LogP contribution in [0, 0.1) is 0 Å². The minimum atomic E-state index is 0.0253. The molecule has 0 spiro atoms. The van der Waals surface area contributed by atoms with Gasteiger partial charge in [0.25, 0.3) is 0 Å². The van der Waals surface area contributed by atoms with E-state index >= 15 is 0 Å². The van der Waals surface area contributed by atoms with Crippen LogP contribution in [0.15, 0.2) is 12.4 Å². The van der Waals surface area contributed by atoms with Crippen molar-refractivity contribution in [3.05, 3.63) is 18.0 Å². The molecular formula is C13H24N4O2. The highest BCUT2D eigenvalue weighted by Crippen LogP contribution is 2.29. The molecule has 1 aromatic rings. The van der Waals surface area contributed by atoms with Crippen molar-refractivity contribution in [2.45, 2.75) is 31.2 Å². The van der Waals surface area contributed by atoms with Gasteiger partial charge in [0.2, 0.25) is 0 Å². The Morgan fingerprint density at radius 3 is 2.26 bits per heavy atom. The van der Waals surface area contributed by atoms with Crippen LogP contribution < -0.4 is 5.73 Å². The summed E-state index contributed by atoms with van der Waals surface area (Å²) in [5, 5.41) is 4.24. The molecule has 108 valence electrons. The van der Waals surface area contributed by atoms with Crippen LogP contribution in [-0.2, 0) is 16.5 Å². The van der Waals surface area contributed by atoms with E-state index in [1.165, 1.54) is 0 Å². The number of rotatable bonds is 5. The molecule has 2 heterocycles. The van der Waals surface area contributed by atoms with Gasteiger partial charge < -0.3 is 15.2 Å². The summed E-state index contributed by atoms with van der Waals surface area (Å²) in [6.07, 6.45) is 4.11. The lowest BCUT2D eigenvalue weighted by Gasteiger charge is -2.29. The second kappa shape index (κ2) is 6.00. The van der Waals surface area contributed by atoms with Crippen molar-refractivity contribution >= 4 is 0 Å². The molecule has 2 rings (SSSR count). The molecule has 1 saturated heterocycles. The Bertz CT molecular complexity index is 395. The minimum absolute atomic E-state index is 0.0253. The summed E-state index contributed by atoms with van der Waals surface area (Å²) in [6.45, 7) is 3.69. The van der Waals surface area contributed by atoms with Gasteiger partial charge in [0.1, 0.15) is 0 Å². The van der Waals surface area contributed by atoms with E-state index in [0.717, 1.165) is 18.7 Å². The minimum Gasteiger partial charge on any atom is -0.377 e. The second-order valence-electron chi connectivity index (χ2n) is 5.25. The molecule has 0 aliphatic carbocycles. The van der Waals surface area contributed by atoms with E-state index in [1.807, 2.05) is 31.0 Å². The Labute approximate surface area is 114 Å². The topological polar surface area (TPSA) is 65.5 Å². The number of methoxy groups -OCH3 is 2. The van der Waals surface area contributed by atoms with Gasteiger partial charge in [-0.25, -0.2) is 0 Å². The van der Waals surface area contributed by atoms with Crippen molar-refractivity contribution in [3.8, 4) is 0 Å². The number of aromatic nitrogens is 2. The van der Waals surface area contributed by atoms with Gasteiger partial charge in [0.15, 0.2) is 0 Å². The van der Waals surface area contributed by atoms with E-state index in [-0.39, 0.29) is 24.3 Å². The van der Waals surface area contributed by atoms with Crippen LogP contribution >= 0.6 is 0 Å². The lowest BCUT2D eigenvalue weighted by Crippen LogP contribution is -2.39. The van der Waals surface area contributed by atoms with Crippen molar-refractivity contribution in [1.29, 1.82) is 0 Å². The lowest BCUT2D eigenvalue weighted by molar-refractivity contribution is -0.00461. The van der Waals surface area contributed by atoms with Gasteiger partial charge >= 0.3 is 0 Å². The summed E-state index contributed by atoms with van der Waals surface area (Å²) in [7, 11) is 5.37. The van der Waals surface area contributed by atoms with Crippen LogP contribution in [0.2, 0.25) is 0 Å². The molecule has 0 radical (unpaired) electrons. The third kappa shape index (κ3) is 2.97. The maximum Gasteiger partial charge on any atom is 0.0972 e. The van der Waals surface area contributed by atoms with E-state index in [0.29, 0.717) is 0 Å². The van der Waals surface area contributed by atoms with Gasteiger partial charge in [-0.1, -0.05) is 0 Å². The molecule has 0 amide bonds. The normalized spacial score (nSPS) is 27.6. The maximum absolute atomic E-state index is 6.17. The Hall–Kier alpha value is -0.950. The van der Waals surface area contributed by atoms with Crippen molar-refractivity contribution in [1.82, 2.24) is 14.7 Å². The standard InChI is InChI=1S/C13H24N4O2/c1-9(14)13(10-5-15-16(2)6-10)17-7-11(18-3)12(8-17)19-4/h5-6,9,11-13H,7-8,14H2,1-4H3. The first kappa shape index (κ1) is 14.5. The summed E-state index contributed by atoms with van der Waals surface area (Å²) < 4.78 is 12.8. The van der Waals surface area contributed by atoms with Gasteiger partial charge in [-0.05, 0) is 6.92 Å². The molecule has 6 heteroatoms. The molecule has 0 saturated carbocycles. The number of nitrogens with two attached hydrogens (primary N) is 1. The first-order chi connectivity index (χ1) is 9.06. The summed E-state index contributed by atoms with van der Waals surface area (Å²) in [6, 6.07) is 0.170. The molecule has 1 aliphatic rings. The van der Waals surface area contributed by atoms with Crippen LogP contribution in [0.4, 0.5) is 0 Å². The molecule has 1 aliphatic heterocycles. The zero-order chi connectivity index (χ0) is 14.0. The first-order valence-electron chi connectivity index (χ1n) is 6.60. The third-order valence-corrected chi connectivity index (χ3v) is 3.81. The molecule has 19 heavy (non-hydrogen) atoms. The predicted molar refractivity (Wildman–Crippen MR) is 72.8 cm³/mol. The highest BCUT2D eigenvalue weighted by molar-refractivity contribution is 5.14. The van der Waals surface area contributed by atoms with Crippen LogP contribution in [-0.4, -0.2) is 60.2 Å². The van der Waals surface area contributed by atoms with E-state index in [2.05, 4.69) is 10.00 Å². The smallest absolute Gasteiger partial charge is 0.0972 e. The molecule has 4 unspecified atom stereocenters. The Kier molecular flexibility index (Phi) is 4.57. The van der Waals surface area contributed by atoms with Crippen molar-refractivity contribution in [3.63, 3.8) is 0 Å². The molecule has 4 atom stereocenters. The molecular weight excluding hydrogens is 244 g/mol. The Morgan fingerprint density at radius 2 is 1.89 bits per heavy atom. The van der Waals surface area contributed by atoms with Crippen LogP contribution in [0.5, 0.6) is 0 Å². The van der Waals surface area contributed by atoms with Gasteiger partial charge in [-0.15, -0.1) is 0 Å². The Balaban J connectivity index is 2.17. The van der Waals surface area contributed by atoms with Crippen LogP contribution in [0.25, 0.3) is 0 Å². The maximum atomic E-state index is 6.17. The Morgan fingerprint density at radius 1 is 1.32 bits per heavy atom. The summed E-state index contributed by atoms with van der Waals surface area (Å²) >= 11 is 0. The third-order valence-electron chi connectivity index (χ3n) is 3.81. The van der Waals surface area contributed by atoms with E-state index in [1.54, 1.807) is 14.2 Å². The molecule has 2 N–H and O–H groups in total. The SMILES string of the molecule is COC1CN(C(c2cnn(C)c2)C(C)N)CC1OC. The predicted octanol–water partition coefficient (Wildman–Crippen LogP) is 0.154. The fourth-order valence-electron chi connectivity index (χ4n) is 2.89. The summed E-state index contributed by atoms with van der Waals surface area (Å²) in [5.41, 5.74) is 7.31. The fraction of sp³-hybridized carbons (Fsp3) is 0.769. The summed E-state index contributed by atoms with van der Waals surface area (Å²) in [4.78, 5) is 2.32. The van der Waals surface area contributed by atoms with Gasteiger partial charge in [0.05, 0.1) is 24.4 Å². The average Bonchev–Trinajstić information content (AvgIpc) is 2.96. The molecule has 1 fully saturated rings. The molecule has 0 bridgehead atoms. The zero-order valence-electron chi connectivity index (χ0n) is 12.1. The molecule has 1 aromatic heterocycles. The quantitative estimate of drug-likeness (QED) is 0.824. The van der Waals surface area contributed by atoms with Gasteiger partial charge in [0, 0.05) is 52.2 Å². The number of hydrogen-bond acceptors (Lipinski definition) is 5. The largest absolute Gasteiger partial charge is 0.377 e.